The Kier molecular flexibility index (Phi) is 6.61. The number of nitrogens with one attached hydrogen (secondary N) is 1. The molecule has 2 aromatic rings. The van der Waals surface area contributed by atoms with E-state index in [2.05, 4.69) is 25.7 Å². The number of carbonyl (C=O) groups is 2. The highest BCUT2D eigenvalue weighted by Gasteiger charge is 2.26. The molecule has 1 amide bonds. The van der Waals surface area contributed by atoms with Crippen LogP contribution < -0.4 is 5.32 Å². The lowest BCUT2D eigenvalue weighted by molar-refractivity contribution is 0.0513. The maximum absolute atomic E-state index is 12.9. The number of rotatable bonds is 7. The zero-order valence-corrected chi connectivity index (χ0v) is 16.8. The lowest BCUT2D eigenvalue weighted by Gasteiger charge is -2.09. The molecule has 5 heteroatoms. The quantitative estimate of drug-likeness (QED) is 0.562. The third-order valence-electron chi connectivity index (χ3n) is 4.61. The van der Waals surface area contributed by atoms with Crippen molar-refractivity contribution in [1.82, 2.24) is 4.57 Å². The van der Waals surface area contributed by atoms with Gasteiger partial charge in [-0.3, -0.25) is 4.79 Å². The SMILES string of the molecule is C=CCn1c(C)c(C(=O)Nc2ccc(C(C)C)cc2)c(C)c1C(=O)OCC. The van der Waals surface area contributed by atoms with Gasteiger partial charge in [0, 0.05) is 17.9 Å². The van der Waals surface area contributed by atoms with Crippen molar-refractivity contribution in [2.45, 2.75) is 47.1 Å². The lowest BCUT2D eigenvalue weighted by Crippen LogP contribution is -2.14. The summed E-state index contributed by atoms with van der Waals surface area (Å²) in [6.45, 7) is 14.1. The van der Waals surface area contributed by atoms with Crippen LogP contribution in [0.15, 0.2) is 36.9 Å². The summed E-state index contributed by atoms with van der Waals surface area (Å²) in [5, 5.41) is 2.93. The molecule has 0 aliphatic rings. The molecule has 1 aromatic carbocycles. The number of allylic oxidation sites excluding steroid dienone is 1. The average Bonchev–Trinajstić information content (AvgIpc) is 2.86. The first-order valence-corrected chi connectivity index (χ1v) is 9.20. The van der Waals surface area contributed by atoms with E-state index >= 15 is 0 Å². The van der Waals surface area contributed by atoms with Gasteiger partial charge in [-0.05, 0) is 49.9 Å². The van der Waals surface area contributed by atoms with Crippen LogP contribution in [0.4, 0.5) is 5.69 Å². The van der Waals surface area contributed by atoms with Gasteiger partial charge in [-0.25, -0.2) is 4.79 Å². The van der Waals surface area contributed by atoms with Crippen LogP contribution in [-0.4, -0.2) is 23.1 Å². The molecule has 0 aliphatic carbocycles. The Morgan fingerprint density at radius 3 is 2.37 bits per heavy atom. The first kappa shape index (κ1) is 20.5. The van der Waals surface area contributed by atoms with Gasteiger partial charge in [0.15, 0.2) is 0 Å². The number of esters is 1. The number of benzene rings is 1. The monoisotopic (exact) mass is 368 g/mol. The largest absolute Gasteiger partial charge is 0.461 e. The molecule has 0 atom stereocenters. The first-order valence-electron chi connectivity index (χ1n) is 9.20. The van der Waals surface area contributed by atoms with Gasteiger partial charge in [-0.2, -0.15) is 0 Å². The maximum Gasteiger partial charge on any atom is 0.355 e. The second-order valence-electron chi connectivity index (χ2n) is 6.78. The zero-order chi connectivity index (χ0) is 20.1. The fraction of sp³-hybridized carbons (Fsp3) is 0.364. The highest BCUT2D eigenvalue weighted by molar-refractivity contribution is 6.08. The Morgan fingerprint density at radius 1 is 1.22 bits per heavy atom. The van der Waals surface area contributed by atoms with Crippen LogP contribution in [0.5, 0.6) is 0 Å². The fourth-order valence-electron chi connectivity index (χ4n) is 3.19. The van der Waals surface area contributed by atoms with Crippen molar-refractivity contribution in [2.24, 2.45) is 0 Å². The van der Waals surface area contributed by atoms with Crippen LogP contribution >= 0.6 is 0 Å². The van der Waals surface area contributed by atoms with Crippen molar-refractivity contribution in [3.8, 4) is 0 Å². The van der Waals surface area contributed by atoms with Crippen molar-refractivity contribution < 1.29 is 14.3 Å². The van der Waals surface area contributed by atoms with Gasteiger partial charge in [0.2, 0.25) is 0 Å². The number of nitrogens with zero attached hydrogens (tertiary/aromatic N) is 1. The van der Waals surface area contributed by atoms with Crippen LogP contribution in [0.1, 0.15) is 64.4 Å². The van der Waals surface area contributed by atoms with E-state index < -0.39 is 5.97 Å². The van der Waals surface area contributed by atoms with Crippen molar-refractivity contribution >= 4 is 17.6 Å². The molecule has 0 unspecified atom stereocenters. The van der Waals surface area contributed by atoms with Crippen molar-refractivity contribution in [3.63, 3.8) is 0 Å². The number of anilines is 1. The number of ether oxygens (including phenoxy) is 1. The Labute approximate surface area is 161 Å². The molecule has 5 nitrogen and oxygen atoms in total. The van der Waals surface area contributed by atoms with Crippen LogP contribution in [0.2, 0.25) is 0 Å². The second kappa shape index (κ2) is 8.71. The van der Waals surface area contributed by atoms with Crippen LogP contribution in [0.3, 0.4) is 0 Å². The molecule has 2 rings (SSSR count). The van der Waals surface area contributed by atoms with Gasteiger partial charge in [-0.15, -0.1) is 6.58 Å². The Balaban J connectivity index is 2.39. The Bertz CT molecular complexity index is 845. The summed E-state index contributed by atoms with van der Waals surface area (Å²) in [7, 11) is 0. The fourth-order valence-corrected chi connectivity index (χ4v) is 3.19. The molecule has 0 saturated heterocycles. The number of aromatic nitrogens is 1. The topological polar surface area (TPSA) is 60.3 Å². The van der Waals surface area contributed by atoms with Crippen LogP contribution in [0, 0.1) is 13.8 Å². The van der Waals surface area contributed by atoms with Crippen LogP contribution in [-0.2, 0) is 11.3 Å². The average molecular weight is 368 g/mol. The summed E-state index contributed by atoms with van der Waals surface area (Å²) < 4.78 is 6.95. The smallest absolute Gasteiger partial charge is 0.355 e. The summed E-state index contributed by atoms with van der Waals surface area (Å²) in [6, 6.07) is 7.80. The highest BCUT2D eigenvalue weighted by Crippen LogP contribution is 2.25. The second-order valence-corrected chi connectivity index (χ2v) is 6.78. The minimum absolute atomic E-state index is 0.240. The summed E-state index contributed by atoms with van der Waals surface area (Å²) in [5.74, 6) is -0.241. The first-order chi connectivity index (χ1) is 12.8. The predicted octanol–water partition coefficient (Wildman–Crippen LogP) is 4.84. The van der Waals surface area contributed by atoms with E-state index in [1.165, 1.54) is 5.56 Å². The standard InChI is InChI=1S/C22H28N2O3/c1-7-13-24-16(6)19(15(5)20(24)22(26)27-8-2)21(25)23-18-11-9-17(10-12-18)14(3)4/h7,9-12,14H,1,8,13H2,2-6H3,(H,23,25). The molecule has 144 valence electrons. The minimum atomic E-state index is -0.430. The van der Waals surface area contributed by atoms with Gasteiger partial charge < -0.3 is 14.6 Å². The molecule has 0 aliphatic heterocycles. The third kappa shape index (κ3) is 4.30. The number of hydrogen-bond donors (Lipinski definition) is 1. The molecule has 0 saturated carbocycles. The van der Waals surface area contributed by atoms with E-state index in [0.717, 1.165) is 5.69 Å². The molecule has 0 fully saturated rings. The maximum atomic E-state index is 12.9. The summed E-state index contributed by atoms with van der Waals surface area (Å²) in [6.07, 6.45) is 1.70. The number of carbonyl (C=O) groups excluding carboxylic acids is 2. The van der Waals surface area contributed by atoms with E-state index in [-0.39, 0.29) is 12.5 Å². The summed E-state index contributed by atoms with van der Waals surface area (Å²) in [5.41, 5.74) is 4.15. The minimum Gasteiger partial charge on any atom is -0.461 e. The molecule has 0 bridgehead atoms. The Morgan fingerprint density at radius 2 is 1.85 bits per heavy atom. The van der Waals surface area contributed by atoms with E-state index in [0.29, 0.717) is 35.0 Å². The van der Waals surface area contributed by atoms with E-state index in [9.17, 15) is 9.59 Å². The third-order valence-corrected chi connectivity index (χ3v) is 4.61. The normalized spacial score (nSPS) is 10.7. The van der Waals surface area contributed by atoms with E-state index in [4.69, 9.17) is 4.74 Å². The lowest BCUT2D eigenvalue weighted by atomic mass is 10.0. The molecule has 0 radical (unpaired) electrons. The predicted molar refractivity (Wildman–Crippen MR) is 109 cm³/mol. The van der Waals surface area contributed by atoms with Gasteiger partial charge in [0.1, 0.15) is 5.69 Å². The van der Waals surface area contributed by atoms with Crippen molar-refractivity contribution in [2.75, 3.05) is 11.9 Å². The molecular weight excluding hydrogens is 340 g/mol. The van der Waals surface area contributed by atoms with Crippen molar-refractivity contribution in [3.05, 3.63) is 65.0 Å². The molecule has 1 heterocycles. The molecule has 27 heavy (non-hydrogen) atoms. The van der Waals surface area contributed by atoms with Crippen LogP contribution in [0.25, 0.3) is 0 Å². The summed E-state index contributed by atoms with van der Waals surface area (Å²) in [4.78, 5) is 25.3. The summed E-state index contributed by atoms with van der Waals surface area (Å²) >= 11 is 0. The molecule has 1 aromatic heterocycles. The molecular formula is C22H28N2O3. The molecule has 1 N–H and O–H groups in total. The van der Waals surface area contributed by atoms with E-state index in [1.807, 2.05) is 31.2 Å². The van der Waals surface area contributed by atoms with Gasteiger partial charge in [0.25, 0.3) is 5.91 Å². The Hall–Kier alpha value is -2.82. The number of amides is 1. The van der Waals surface area contributed by atoms with E-state index in [1.54, 1.807) is 24.5 Å². The van der Waals surface area contributed by atoms with Gasteiger partial charge in [-0.1, -0.05) is 32.1 Å². The zero-order valence-electron chi connectivity index (χ0n) is 16.8. The van der Waals surface area contributed by atoms with Gasteiger partial charge in [0.05, 0.1) is 12.2 Å². The van der Waals surface area contributed by atoms with Gasteiger partial charge >= 0.3 is 5.97 Å². The highest BCUT2D eigenvalue weighted by atomic mass is 16.5. The molecule has 0 spiro atoms. The van der Waals surface area contributed by atoms with Crippen molar-refractivity contribution in [1.29, 1.82) is 0 Å². The number of hydrogen-bond acceptors (Lipinski definition) is 3.